The smallest absolute Gasteiger partial charge is 0.169 e. The number of hydrogen-bond acceptors (Lipinski definition) is 4. The average molecular weight is 268 g/mol. The molecule has 2 aromatic rings. The van der Waals surface area contributed by atoms with Crippen molar-refractivity contribution in [2.45, 2.75) is 6.92 Å². The number of aryl methyl sites for hydroxylation is 1. The predicted molar refractivity (Wildman–Crippen MR) is 69.2 cm³/mol. The van der Waals surface area contributed by atoms with E-state index in [1.807, 2.05) is 13.0 Å². The highest BCUT2D eigenvalue weighted by molar-refractivity contribution is 7.15. The van der Waals surface area contributed by atoms with Gasteiger partial charge in [-0.3, -0.25) is 4.79 Å². The fraction of sp³-hybridized carbons (Fsp3) is 0.167. The largest absolute Gasteiger partial charge is 0.495 e. The molecule has 0 saturated heterocycles. The first-order valence-corrected chi connectivity index (χ1v) is 6.11. The van der Waals surface area contributed by atoms with Crippen molar-refractivity contribution in [1.82, 2.24) is 4.98 Å². The van der Waals surface area contributed by atoms with Crippen LogP contribution in [0.5, 0.6) is 5.75 Å². The number of hydrogen-bond donors (Lipinski definition) is 0. The van der Waals surface area contributed by atoms with Crippen LogP contribution in [0.15, 0.2) is 18.2 Å². The van der Waals surface area contributed by atoms with E-state index in [0.717, 1.165) is 21.7 Å². The molecule has 0 aliphatic rings. The first-order chi connectivity index (χ1) is 8.15. The highest BCUT2D eigenvalue weighted by Crippen LogP contribution is 2.32. The molecule has 3 nitrogen and oxygen atoms in total. The molecule has 88 valence electrons. The molecular formula is C12H10ClNO2S. The van der Waals surface area contributed by atoms with Crippen LogP contribution in [0.4, 0.5) is 0 Å². The molecule has 0 bridgehead atoms. The molecule has 0 atom stereocenters. The number of halogens is 1. The third-order valence-corrected chi connectivity index (χ3v) is 3.67. The number of thiazole rings is 1. The maximum Gasteiger partial charge on any atom is 0.169 e. The van der Waals surface area contributed by atoms with Gasteiger partial charge < -0.3 is 4.74 Å². The molecule has 1 aromatic carbocycles. The van der Waals surface area contributed by atoms with E-state index in [2.05, 4.69) is 4.98 Å². The van der Waals surface area contributed by atoms with Crippen LogP contribution in [0.2, 0.25) is 5.02 Å². The van der Waals surface area contributed by atoms with E-state index in [9.17, 15) is 4.79 Å². The normalized spacial score (nSPS) is 10.3. The summed E-state index contributed by atoms with van der Waals surface area (Å²) in [5.41, 5.74) is 1.37. The minimum Gasteiger partial charge on any atom is -0.495 e. The zero-order valence-corrected chi connectivity index (χ0v) is 10.9. The Hall–Kier alpha value is -1.39. The lowest BCUT2D eigenvalue weighted by Gasteiger charge is -2.03. The summed E-state index contributed by atoms with van der Waals surface area (Å²) in [5.74, 6) is 0.624. The van der Waals surface area contributed by atoms with Gasteiger partial charge in [0.25, 0.3) is 0 Å². The molecule has 0 fully saturated rings. The maximum absolute atomic E-state index is 10.7. The molecule has 2 rings (SSSR count). The average Bonchev–Trinajstić information content (AvgIpc) is 2.70. The van der Waals surface area contributed by atoms with Gasteiger partial charge in [-0.2, -0.15) is 0 Å². The first-order valence-electron chi connectivity index (χ1n) is 4.92. The molecule has 0 saturated carbocycles. The third-order valence-electron chi connectivity index (χ3n) is 2.34. The van der Waals surface area contributed by atoms with E-state index in [0.29, 0.717) is 16.5 Å². The standard InChI is InChI=1S/C12H10ClNO2S/c1-7-10(6-15)14-12(17-7)8-3-4-11(16-2)9(13)5-8/h3-6H,1-2H3. The second kappa shape index (κ2) is 4.85. The van der Waals surface area contributed by atoms with Crippen LogP contribution in [0.1, 0.15) is 15.4 Å². The summed E-state index contributed by atoms with van der Waals surface area (Å²) >= 11 is 7.51. The minimum absolute atomic E-state index is 0.483. The van der Waals surface area contributed by atoms with Gasteiger partial charge in [0, 0.05) is 10.4 Å². The van der Waals surface area contributed by atoms with Crippen LogP contribution < -0.4 is 4.74 Å². The van der Waals surface area contributed by atoms with E-state index in [-0.39, 0.29) is 0 Å². The number of aldehydes is 1. The Morgan fingerprint density at radius 3 is 2.76 bits per heavy atom. The second-order valence-corrected chi connectivity index (χ2v) is 5.04. The molecule has 0 aliphatic carbocycles. The van der Waals surface area contributed by atoms with Gasteiger partial charge in [-0.05, 0) is 25.1 Å². The first kappa shape index (κ1) is 12.1. The maximum atomic E-state index is 10.7. The lowest BCUT2D eigenvalue weighted by molar-refractivity contribution is 0.111. The molecule has 0 aliphatic heterocycles. The van der Waals surface area contributed by atoms with Crippen molar-refractivity contribution in [2.75, 3.05) is 7.11 Å². The third kappa shape index (κ3) is 2.33. The predicted octanol–water partition coefficient (Wildman–Crippen LogP) is 3.59. The zero-order chi connectivity index (χ0) is 12.4. The SMILES string of the molecule is COc1ccc(-c2nc(C=O)c(C)s2)cc1Cl. The van der Waals surface area contributed by atoms with E-state index >= 15 is 0 Å². The van der Waals surface area contributed by atoms with E-state index in [1.165, 1.54) is 11.3 Å². The lowest BCUT2D eigenvalue weighted by Crippen LogP contribution is -1.85. The van der Waals surface area contributed by atoms with Gasteiger partial charge in [0.1, 0.15) is 16.5 Å². The number of carbonyl (C=O) groups is 1. The number of rotatable bonds is 3. The van der Waals surface area contributed by atoms with E-state index < -0.39 is 0 Å². The molecule has 1 aromatic heterocycles. The summed E-state index contributed by atoms with van der Waals surface area (Å²) in [6.45, 7) is 1.87. The molecule has 0 unspecified atom stereocenters. The van der Waals surface area contributed by atoms with Gasteiger partial charge in [-0.25, -0.2) is 4.98 Å². The van der Waals surface area contributed by atoms with Crippen molar-refractivity contribution in [1.29, 1.82) is 0 Å². The van der Waals surface area contributed by atoms with Gasteiger partial charge in [0.2, 0.25) is 0 Å². The van der Waals surface area contributed by atoms with Crippen molar-refractivity contribution in [2.24, 2.45) is 0 Å². The van der Waals surface area contributed by atoms with Crippen LogP contribution >= 0.6 is 22.9 Å². The molecule has 0 N–H and O–H groups in total. The number of nitrogens with zero attached hydrogens (tertiary/aromatic N) is 1. The fourth-order valence-corrected chi connectivity index (χ4v) is 2.58. The summed E-state index contributed by atoms with van der Waals surface area (Å²) in [5, 5.41) is 1.32. The Bertz CT molecular complexity index is 566. The summed E-state index contributed by atoms with van der Waals surface area (Å²) in [4.78, 5) is 15.9. The Kier molecular flexibility index (Phi) is 3.45. The Balaban J connectivity index is 2.45. The fourth-order valence-electron chi connectivity index (χ4n) is 1.44. The summed E-state index contributed by atoms with van der Waals surface area (Å²) in [6, 6.07) is 5.44. The number of benzene rings is 1. The Morgan fingerprint density at radius 1 is 1.47 bits per heavy atom. The monoisotopic (exact) mass is 267 g/mol. The van der Waals surface area contributed by atoms with Gasteiger partial charge in [-0.1, -0.05) is 11.6 Å². The zero-order valence-electron chi connectivity index (χ0n) is 9.36. The quantitative estimate of drug-likeness (QED) is 0.798. The van der Waals surface area contributed by atoms with Crippen LogP contribution in [-0.2, 0) is 0 Å². The van der Waals surface area contributed by atoms with Crippen molar-refractivity contribution in [3.63, 3.8) is 0 Å². The van der Waals surface area contributed by atoms with Gasteiger partial charge in [0.15, 0.2) is 6.29 Å². The highest BCUT2D eigenvalue weighted by atomic mass is 35.5. The van der Waals surface area contributed by atoms with Crippen LogP contribution in [0.3, 0.4) is 0 Å². The lowest BCUT2D eigenvalue weighted by atomic mass is 10.2. The summed E-state index contributed by atoms with van der Waals surface area (Å²) in [6.07, 6.45) is 0.764. The molecular weight excluding hydrogens is 258 g/mol. The minimum atomic E-state index is 0.483. The Labute approximate surface area is 108 Å². The molecule has 0 radical (unpaired) electrons. The van der Waals surface area contributed by atoms with Gasteiger partial charge in [0.05, 0.1) is 12.1 Å². The van der Waals surface area contributed by atoms with Crippen molar-refractivity contribution in [3.05, 3.63) is 33.8 Å². The van der Waals surface area contributed by atoms with E-state index in [1.54, 1.807) is 19.2 Å². The number of carbonyl (C=O) groups excluding carboxylic acids is 1. The van der Waals surface area contributed by atoms with Crippen LogP contribution in [0, 0.1) is 6.92 Å². The van der Waals surface area contributed by atoms with Crippen LogP contribution in [-0.4, -0.2) is 18.4 Å². The molecule has 17 heavy (non-hydrogen) atoms. The summed E-state index contributed by atoms with van der Waals surface area (Å²) < 4.78 is 5.08. The number of ether oxygens (including phenoxy) is 1. The molecule has 0 amide bonds. The topological polar surface area (TPSA) is 39.2 Å². The summed E-state index contributed by atoms with van der Waals surface area (Å²) in [7, 11) is 1.57. The van der Waals surface area contributed by atoms with Crippen LogP contribution in [0.25, 0.3) is 10.6 Å². The second-order valence-electron chi connectivity index (χ2n) is 3.43. The Morgan fingerprint density at radius 2 is 2.24 bits per heavy atom. The van der Waals surface area contributed by atoms with Gasteiger partial charge >= 0.3 is 0 Å². The van der Waals surface area contributed by atoms with Crippen molar-refractivity contribution in [3.8, 4) is 16.3 Å². The molecule has 5 heteroatoms. The highest BCUT2D eigenvalue weighted by Gasteiger charge is 2.10. The van der Waals surface area contributed by atoms with Crippen molar-refractivity contribution >= 4 is 29.2 Å². The number of aromatic nitrogens is 1. The number of methoxy groups -OCH3 is 1. The molecule has 0 spiro atoms. The van der Waals surface area contributed by atoms with E-state index in [4.69, 9.17) is 16.3 Å². The molecule has 1 heterocycles. The van der Waals surface area contributed by atoms with Gasteiger partial charge in [-0.15, -0.1) is 11.3 Å². The van der Waals surface area contributed by atoms with Crippen molar-refractivity contribution < 1.29 is 9.53 Å².